The molecule has 2 rings (SSSR count). The van der Waals surface area contributed by atoms with Crippen molar-refractivity contribution in [3.05, 3.63) is 22.4 Å². The molecule has 0 N–H and O–H groups in total. The van der Waals surface area contributed by atoms with Gasteiger partial charge in [0, 0.05) is 11.3 Å². The summed E-state index contributed by atoms with van der Waals surface area (Å²) >= 11 is 1.59. The van der Waals surface area contributed by atoms with Gasteiger partial charge in [-0.15, -0.1) is 11.3 Å². The minimum absolute atomic E-state index is 0.328. The average molecular weight is 218 g/mol. The highest BCUT2D eigenvalue weighted by molar-refractivity contribution is 7.87. The molecule has 0 bridgehead atoms. The van der Waals surface area contributed by atoms with Crippen LogP contribution in [0.5, 0.6) is 0 Å². The summed E-state index contributed by atoms with van der Waals surface area (Å²) in [6.07, 6.45) is 1.22. The van der Waals surface area contributed by atoms with Crippen molar-refractivity contribution in [2.24, 2.45) is 0 Å². The van der Waals surface area contributed by atoms with Crippen molar-refractivity contribution in [3.63, 3.8) is 0 Å². The lowest BCUT2D eigenvalue weighted by atomic mass is 10.2. The molecule has 0 aliphatic carbocycles. The van der Waals surface area contributed by atoms with E-state index >= 15 is 0 Å². The number of hydrogen-bond acceptors (Lipinski definition) is 4. The van der Waals surface area contributed by atoms with E-state index in [0.29, 0.717) is 19.4 Å². The molecule has 5 heteroatoms. The Kier molecular flexibility index (Phi) is 2.40. The van der Waals surface area contributed by atoms with Crippen LogP contribution in [-0.4, -0.2) is 20.3 Å². The predicted octanol–water partition coefficient (Wildman–Crippen LogP) is 1.41. The maximum absolute atomic E-state index is 11.3. The third-order valence-corrected chi connectivity index (χ3v) is 4.72. The van der Waals surface area contributed by atoms with Crippen molar-refractivity contribution < 1.29 is 12.6 Å². The van der Waals surface area contributed by atoms with Crippen molar-refractivity contribution in [3.8, 4) is 0 Å². The van der Waals surface area contributed by atoms with Crippen LogP contribution in [0.2, 0.25) is 0 Å². The third-order valence-electron chi connectivity index (χ3n) is 2.10. The second-order valence-corrected chi connectivity index (χ2v) is 5.93. The molecule has 0 radical (unpaired) electrons. The van der Waals surface area contributed by atoms with Crippen LogP contribution >= 0.6 is 11.3 Å². The lowest BCUT2D eigenvalue weighted by Gasteiger charge is -2.04. The molecule has 0 amide bonds. The maximum atomic E-state index is 11.3. The summed E-state index contributed by atoms with van der Waals surface area (Å²) in [6, 6.07) is 3.89. The average Bonchev–Trinajstić information content (AvgIpc) is 2.63. The van der Waals surface area contributed by atoms with Gasteiger partial charge in [-0.3, -0.25) is 4.18 Å². The Morgan fingerprint density at radius 1 is 1.62 bits per heavy atom. The van der Waals surface area contributed by atoms with Crippen LogP contribution in [0.15, 0.2) is 17.5 Å². The predicted molar refractivity (Wildman–Crippen MR) is 51.3 cm³/mol. The molecule has 0 spiro atoms. The molecule has 3 nitrogen and oxygen atoms in total. The van der Waals surface area contributed by atoms with Crippen molar-refractivity contribution in [2.75, 3.05) is 6.61 Å². The number of thiophene rings is 1. The quantitative estimate of drug-likeness (QED) is 0.705. The largest absolute Gasteiger partial charge is 0.270 e. The molecular weight excluding hydrogens is 208 g/mol. The highest BCUT2D eigenvalue weighted by Gasteiger charge is 2.32. The summed E-state index contributed by atoms with van der Waals surface area (Å²) < 4.78 is 27.2. The first-order valence-electron chi connectivity index (χ1n) is 4.09. The topological polar surface area (TPSA) is 43.4 Å². The normalized spacial score (nSPS) is 26.3. The fourth-order valence-corrected chi connectivity index (χ4v) is 3.58. The van der Waals surface area contributed by atoms with Crippen LogP contribution in [0, 0.1) is 0 Å². The number of rotatable bonds is 2. The smallest absolute Gasteiger partial charge is 0.270 e. The molecule has 1 saturated heterocycles. The van der Waals surface area contributed by atoms with Gasteiger partial charge in [-0.25, -0.2) is 0 Å². The van der Waals surface area contributed by atoms with Crippen LogP contribution in [0.4, 0.5) is 0 Å². The molecule has 1 aromatic rings. The summed E-state index contributed by atoms with van der Waals surface area (Å²) in [5.74, 6) is 0. The van der Waals surface area contributed by atoms with Gasteiger partial charge in [-0.2, -0.15) is 8.42 Å². The zero-order chi connectivity index (χ0) is 9.31. The van der Waals surface area contributed by atoms with Crippen LogP contribution < -0.4 is 0 Å². The van der Waals surface area contributed by atoms with E-state index in [4.69, 9.17) is 0 Å². The van der Waals surface area contributed by atoms with Crippen LogP contribution in [-0.2, 0) is 20.7 Å². The molecule has 1 atom stereocenters. The lowest BCUT2D eigenvalue weighted by Crippen LogP contribution is -2.16. The van der Waals surface area contributed by atoms with Crippen LogP contribution in [0.3, 0.4) is 0 Å². The molecule has 1 aromatic heterocycles. The first kappa shape index (κ1) is 9.18. The van der Waals surface area contributed by atoms with E-state index in [1.54, 1.807) is 11.3 Å². The van der Waals surface area contributed by atoms with Gasteiger partial charge in [0.15, 0.2) is 0 Å². The van der Waals surface area contributed by atoms with Gasteiger partial charge in [-0.05, 0) is 17.9 Å². The highest BCUT2D eigenvalue weighted by Crippen LogP contribution is 2.23. The zero-order valence-corrected chi connectivity index (χ0v) is 8.60. The Labute approximate surface area is 81.5 Å². The fraction of sp³-hybridized carbons (Fsp3) is 0.500. The monoisotopic (exact) mass is 218 g/mol. The van der Waals surface area contributed by atoms with Gasteiger partial charge >= 0.3 is 0 Å². The van der Waals surface area contributed by atoms with Crippen molar-refractivity contribution in [1.29, 1.82) is 0 Å². The fourth-order valence-electron chi connectivity index (χ4n) is 1.39. The van der Waals surface area contributed by atoms with Gasteiger partial charge in [0.2, 0.25) is 0 Å². The molecule has 1 aliphatic heterocycles. The van der Waals surface area contributed by atoms with E-state index in [1.165, 1.54) is 0 Å². The van der Waals surface area contributed by atoms with Crippen molar-refractivity contribution >= 4 is 21.5 Å². The van der Waals surface area contributed by atoms with Gasteiger partial charge in [0.1, 0.15) is 0 Å². The first-order chi connectivity index (χ1) is 6.18. The van der Waals surface area contributed by atoms with E-state index in [1.807, 2.05) is 17.5 Å². The van der Waals surface area contributed by atoms with E-state index in [0.717, 1.165) is 4.88 Å². The Morgan fingerprint density at radius 2 is 2.46 bits per heavy atom. The second kappa shape index (κ2) is 3.40. The van der Waals surface area contributed by atoms with Crippen LogP contribution in [0.25, 0.3) is 0 Å². The van der Waals surface area contributed by atoms with Gasteiger partial charge in [-0.1, -0.05) is 6.07 Å². The Balaban J connectivity index is 2.11. The van der Waals surface area contributed by atoms with E-state index in [-0.39, 0.29) is 5.25 Å². The third kappa shape index (κ3) is 1.92. The summed E-state index contributed by atoms with van der Waals surface area (Å²) in [4.78, 5) is 1.11. The highest BCUT2D eigenvalue weighted by atomic mass is 32.2. The molecule has 72 valence electrons. The lowest BCUT2D eigenvalue weighted by molar-refractivity contribution is 0.354. The van der Waals surface area contributed by atoms with Crippen molar-refractivity contribution in [2.45, 2.75) is 18.1 Å². The Morgan fingerprint density at radius 3 is 3.00 bits per heavy atom. The number of hydrogen-bond donors (Lipinski definition) is 0. The molecule has 13 heavy (non-hydrogen) atoms. The van der Waals surface area contributed by atoms with Gasteiger partial charge in [0.25, 0.3) is 10.1 Å². The van der Waals surface area contributed by atoms with Gasteiger partial charge in [0.05, 0.1) is 11.9 Å². The van der Waals surface area contributed by atoms with E-state index < -0.39 is 10.1 Å². The van der Waals surface area contributed by atoms with Crippen molar-refractivity contribution in [1.82, 2.24) is 0 Å². The Bertz CT molecular complexity index is 366. The molecule has 1 fully saturated rings. The maximum Gasteiger partial charge on any atom is 0.270 e. The minimum atomic E-state index is -3.26. The summed E-state index contributed by atoms with van der Waals surface area (Å²) in [6.45, 7) is 0.346. The Hall–Kier alpha value is -0.390. The summed E-state index contributed by atoms with van der Waals surface area (Å²) in [5, 5.41) is 1.63. The van der Waals surface area contributed by atoms with E-state index in [2.05, 4.69) is 4.18 Å². The molecule has 1 unspecified atom stereocenters. The van der Waals surface area contributed by atoms with Gasteiger partial charge < -0.3 is 0 Å². The van der Waals surface area contributed by atoms with Crippen LogP contribution in [0.1, 0.15) is 11.3 Å². The van der Waals surface area contributed by atoms with E-state index in [9.17, 15) is 8.42 Å². The zero-order valence-electron chi connectivity index (χ0n) is 6.97. The molecule has 0 aromatic carbocycles. The molecular formula is C8H10O3S2. The second-order valence-electron chi connectivity index (χ2n) is 3.01. The minimum Gasteiger partial charge on any atom is -0.270 e. The SMILES string of the molecule is O=S1(=O)OCCC1Cc1cccs1. The first-order valence-corrected chi connectivity index (χ1v) is 6.44. The molecule has 0 saturated carbocycles. The standard InChI is InChI=1S/C8H10O3S2/c9-13(10)8(3-4-11-13)6-7-2-1-5-12-7/h1-2,5,8H,3-4,6H2. The summed E-state index contributed by atoms with van der Waals surface area (Å²) in [7, 11) is -3.26. The summed E-state index contributed by atoms with van der Waals surface area (Å²) in [5.41, 5.74) is 0. The molecule has 2 heterocycles. The molecule has 1 aliphatic rings.